The molecule has 2 aliphatic heterocycles. The average molecular weight is 360 g/mol. The number of hydrazine groups is 1. The van der Waals surface area contributed by atoms with Crippen LogP contribution in [0.5, 0.6) is 0 Å². The number of amides is 1. The number of amidine groups is 1. The Bertz CT molecular complexity index is 935. The molecule has 0 spiro atoms. The summed E-state index contributed by atoms with van der Waals surface area (Å²) in [5.41, 5.74) is 5.51. The summed E-state index contributed by atoms with van der Waals surface area (Å²) in [4.78, 5) is 23.7. The van der Waals surface area contributed by atoms with Crippen molar-refractivity contribution in [3.8, 4) is 0 Å². The van der Waals surface area contributed by atoms with Crippen LogP contribution in [0, 0.1) is 0 Å². The molecule has 1 atom stereocenters. The van der Waals surface area contributed by atoms with Crippen LogP contribution in [0.15, 0.2) is 23.3 Å². The quantitative estimate of drug-likeness (QED) is 0.906. The van der Waals surface area contributed by atoms with Crippen molar-refractivity contribution in [2.75, 3.05) is 13.6 Å². The van der Waals surface area contributed by atoms with E-state index in [1.807, 2.05) is 21.6 Å². The number of nitrogens with one attached hydrogen (secondary N) is 1. The predicted octanol–water partition coefficient (Wildman–Crippen LogP) is 1.77. The zero-order chi connectivity index (χ0) is 18.0. The average Bonchev–Trinajstić information content (AvgIpc) is 3.30. The largest absolute Gasteiger partial charge is 0.333 e. The van der Waals surface area contributed by atoms with Gasteiger partial charge in [-0.25, -0.2) is 19.2 Å². The molecule has 0 bridgehead atoms. The number of fused-ring (bicyclic) bond motifs is 3. The number of nitrogens with zero attached hydrogens (tertiary/aromatic N) is 5. The Hall–Kier alpha value is -2.55. The second-order valence-corrected chi connectivity index (χ2v) is 6.89. The molecule has 0 radical (unpaired) electrons. The second-order valence-electron chi connectivity index (χ2n) is 6.89. The molecule has 1 N–H and O–H groups in total. The first-order valence-electron chi connectivity index (χ1n) is 8.70. The number of rotatable bonds is 3. The standard InChI is InChI=1S/C17H18F2N6O/c1-23-16(14(18)19)21-15(22-23)11-12-10(3-2-6-20-12)25-8-7-24(9-4-5-9)17(26)13(11)25/h2-3,6,9,14-15,22H,4-5,7-8H2,1H3. The van der Waals surface area contributed by atoms with Gasteiger partial charge in [-0.3, -0.25) is 14.8 Å². The van der Waals surface area contributed by atoms with Gasteiger partial charge in [0, 0.05) is 37.9 Å². The fourth-order valence-electron chi connectivity index (χ4n) is 3.93. The van der Waals surface area contributed by atoms with E-state index in [2.05, 4.69) is 15.4 Å². The third-order valence-electron chi connectivity index (χ3n) is 5.26. The molecule has 9 heteroatoms. The molecule has 2 aromatic rings. The van der Waals surface area contributed by atoms with Crippen molar-refractivity contribution in [2.45, 2.75) is 38.0 Å². The van der Waals surface area contributed by atoms with Gasteiger partial charge in [0.25, 0.3) is 12.3 Å². The Kier molecular flexibility index (Phi) is 3.30. The van der Waals surface area contributed by atoms with Crippen LogP contribution in [-0.2, 0) is 6.54 Å². The van der Waals surface area contributed by atoms with E-state index >= 15 is 0 Å². The van der Waals surface area contributed by atoms with Crippen molar-refractivity contribution >= 4 is 22.8 Å². The van der Waals surface area contributed by atoms with Crippen LogP contribution in [0.25, 0.3) is 11.0 Å². The molecular weight excluding hydrogens is 342 g/mol. The SMILES string of the molecule is CN1NC(c2c3n(c4cccnc24)CCN(C2CC2)C3=O)N=C1C(F)F. The summed E-state index contributed by atoms with van der Waals surface area (Å²) in [6.07, 6.45) is 0.266. The summed E-state index contributed by atoms with van der Waals surface area (Å²) in [5.74, 6) is -0.391. The molecule has 3 aliphatic rings. The van der Waals surface area contributed by atoms with Crippen LogP contribution in [0.4, 0.5) is 8.78 Å². The summed E-state index contributed by atoms with van der Waals surface area (Å²) in [7, 11) is 1.50. The van der Waals surface area contributed by atoms with Gasteiger partial charge in [-0.15, -0.1) is 0 Å². The molecule has 1 saturated carbocycles. The minimum Gasteiger partial charge on any atom is -0.333 e. The van der Waals surface area contributed by atoms with Gasteiger partial charge in [0.15, 0.2) is 5.84 Å². The van der Waals surface area contributed by atoms with Crippen LogP contribution in [0.1, 0.15) is 35.1 Å². The lowest BCUT2D eigenvalue weighted by Gasteiger charge is -2.29. The molecule has 1 amide bonds. The number of hydrogen-bond acceptors (Lipinski definition) is 5. The summed E-state index contributed by atoms with van der Waals surface area (Å²) in [6, 6.07) is 4.03. The number of carbonyl (C=O) groups excluding carboxylic acids is 1. The van der Waals surface area contributed by atoms with Crippen LogP contribution >= 0.6 is 0 Å². The summed E-state index contributed by atoms with van der Waals surface area (Å²) in [6.45, 7) is 1.34. The first-order valence-corrected chi connectivity index (χ1v) is 8.70. The predicted molar refractivity (Wildman–Crippen MR) is 90.9 cm³/mol. The number of pyridine rings is 1. The second kappa shape index (κ2) is 5.47. The van der Waals surface area contributed by atoms with E-state index < -0.39 is 12.6 Å². The number of halogens is 2. The lowest BCUT2D eigenvalue weighted by molar-refractivity contribution is 0.0690. The molecule has 5 rings (SSSR count). The minimum absolute atomic E-state index is 0.0584. The van der Waals surface area contributed by atoms with Gasteiger partial charge in [0.1, 0.15) is 11.9 Å². The van der Waals surface area contributed by atoms with Crippen LogP contribution in [0.3, 0.4) is 0 Å². The molecule has 7 nitrogen and oxygen atoms in total. The number of aromatic nitrogens is 2. The van der Waals surface area contributed by atoms with Gasteiger partial charge in [-0.2, -0.15) is 0 Å². The zero-order valence-corrected chi connectivity index (χ0v) is 14.2. The van der Waals surface area contributed by atoms with E-state index in [0.29, 0.717) is 35.9 Å². The summed E-state index contributed by atoms with van der Waals surface area (Å²) < 4.78 is 28.4. The molecule has 1 aliphatic carbocycles. The van der Waals surface area contributed by atoms with E-state index in [4.69, 9.17) is 0 Å². The van der Waals surface area contributed by atoms with Gasteiger partial charge in [0.2, 0.25) is 0 Å². The third kappa shape index (κ3) is 2.16. The molecule has 26 heavy (non-hydrogen) atoms. The van der Waals surface area contributed by atoms with Crippen molar-refractivity contribution in [1.82, 2.24) is 24.9 Å². The van der Waals surface area contributed by atoms with Crippen molar-refractivity contribution in [3.05, 3.63) is 29.6 Å². The van der Waals surface area contributed by atoms with Gasteiger partial charge in [-0.05, 0) is 25.0 Å². The smallest absolute Gasteiger partial charge is 0.296 e. The van der Waals surface area contributed by atoms with E-state index in [9.17, 15) is 13.6 Å². The number of hydrogen-bond donors (Lipinski definition) is 1. The van der Waals surface area contributed by atoms with Gasteiger partial charge in [-0.1, -0.05) is 0 Å². The van der Waals surface area contributed by atoms with E-state index in [1.54, 1.807) is 6.20 Å². The van der Waals surface area contributed by atoms with Crippen molar-refractivity contribution in [2.24, 2.45) is 4.99 Å². The maximum absolute atomic E-state index is 13.2. The van der Waals surface area contributed by atoms with Crippen molar-refractivity contribution in [3.63, 3.8) is 0 Å². The Morgan fingerprint density at radius 1 is 1.31 bits per heavy atom. The summed E-state index contributed by atoms with van der Waals surface area (Å²) >= 11 is 0. The minimum atomic E-state index is -2.69. The first kappa shape index (κ1) is 15.7. The Morgan fingerprint density at radius 3 is 2.81 bits per heavy atom. The highest BCUT2D eigenvalue weighted by Gasteiger charge is 2.41. The first-order chi connectivity index (χ1) is 12.6. The highest BCUT2D eigenvalue weighted by Crippen LogP contribution is 2.38. The van der Waals surface area contributed by atoms with E-state index in [0.717, 1.165) is 18.4 Å². The molecule has 136 valence electrons. The fraction of sp³-hybridized carbons (Fsp3) is 0.471. The summed E-state index contributed by atoms with van der Waals surface area (Å²) in [5, 5.41) is 1.22. The molecule has 0 saturated heterocycles. The molecule has 2 aromatic heterocycles. The number of alkyl halides is 2. The molecule has 1 unspecified atom stereocenters. The monoisotopic (exact) mass is 360 g/mol. The van der Waals surface area contributed by atoms with E-state index in [1.165, 1.54) is 12.1 Å². The van der Waals surface area contributed by atoms with Crippen molar-refractivity contribution < 1.29 is 13.6 Å². The van der Waals surface area contributed by atoms with Gasteiger partial charge >= 0.3 is 0 Å². The van der Waals surface area contributed by atoms with E-state index in [-0.39, 0.29) is 11.7 Å². The molecule has 0 aromatic carbocycles. The van der Waals surface area contributed by atoms with Gasteiger partial charge in [0.05, 0.1) is 11.0 Å². The van der Waals surface area contributed by atoms with Crippen LogP contribution < -0.4 is 5.43 Å². The molecule has 4 heterocycles. The Morgan fingerprint density at radius 2 is 2.12 bits per heavy atom. The van der Waals surface area contributed by atoms with Crippen molar-refractivity contribution in [1.29, 1.82) is 0 Å². The maximum Gasteiger partial charge on any atom is 0.296 e. The maximum atomic E-state index is 13.2. The molecular formula is C17H18F2N6O. The highest BCUT2D eigenvalue weighted by molar-refractivity contribution is 6.02. The third-order valence-corrected chi connectivity index (χ3v) is 5.26. The lowest BCUT2D eigenvalue weighted by Crippen LogP contribution is -2.42. The van der Waals surface area contributed by atoms with Crippen LogP contribution in [0.2, 0.25) is 0 Å². The Labute approximate surface area is 148 Å². The zero-order valence-electron chi connectivity index (χ0n) is 14.2. The topological polar surface area (TPSA) is 65.8 Å². The highest BCUT2D eigenvalue weighted by atomic mass is 19.3. The number of carbonyl (C=O) groups is 1. The molecule has 1 fully saturated rings. The Balaban J connectivity index is 1.69. The number of aliphatic imine (C=N–C) groups is 1. The lowest BCUT2D eigenvalue weighted by atomic mass is 10.1. The normalized spacial score (nSPS) is 23.2. The van der Waals surface area contributed by atoms with Crippen LogP contribution in [-0.4, -0.2) is 57.3 Å². The fourth-order valence-corrected chi connectivity index (χ4v) is 3.93. The van der Waals surface area contributed by atoms with Gasteiger partial charge < -0.3 is 9.47 Å².